The minimum Gasteiger partial charge on any atom is -0.390 e. The van der Waals surface area contributed by atoms with E-state index < -0.39 is 17.0 Å². The number of hydrogen-bond acceptors (Lipinski definition) is 2. The fraction of sp³-hybridized carbons (Fsp3) is 0.300. The van der Waals surface area contributed by atoms with E-state index in [1.165, 1.54) is 22.0 Å². The molecule has 0 radical (unpaired) electrons. The van der Waals surface area contributed by atoms with Gasteiger partial charge in [0, 0.05) is 28.1 Å². The fourth-order valence-electron chi connectivity index (χ4n) is 3.08. The van der Waals surface area contributed by atoms with Crippen LogP contribution in [0.4, 0.5) is 8.78 Å². The van der Waals surface area contributed by atoms with Gasteiger partial charge in [0.15, 0.2) is 0 Å². The first-order valence-corrected chi connectivity index (χ1v) is 9.52. The Hall–Kier alpha value is -1.87. The summed E-state index contributed by atoms with van der Waals surface area (Å²) >= 11 is 2.27. The third-order valence-corrected chi connectivity index (χ3v) is 4.96. The van der Waals surface area contributed by atoms with Gasteiger partial charge in [0.2, 0.25) is 0 Å². The van der Waals surface area contributed by atoms with E-state index in [1.54, 1.807) is 0 Å². The first kappa shape index (κ1) is 21.4. The molecule has 1 atom stereocenters. The van der Waals surface area contributed by atoms with Gasteiger partial charge in [0.1, 0.15) is 18.0 Å². The van der Waals surface area contributed by atoms with Crippen LogP contribution in [0.5, 0.6) is 0 Å². The van der Waals surface area contributed by atoms with Crippen molar-refractivity contribution in [2.24, 2.45) is 15.7 Å². The van der Waals surface area contributed by atoms with E-state index in [1.807, 2.05) is 14.0 Å². The minimum absolute atomic E-state index is 0.296. The number of benzene rings is 2. The highest BCUT2D eigenvalue weighted by molar-refractivity contribution is 14.1. The molecular weight excluding hydrogens is 461 g/mol. The van der Waals surface area contributed by atoms with Gasteiger partial charge in [0.25, 0.3) is 0 Å². The average molecular weight is 484 g/mol. The standard InChI is InChI=1S/C20H23F2IN4/c1-20(11-25-14-26-13-24,18-8-5-16(21)9-19(18)22)12-27(2)10-15-3-6-17(23)7-4-15/h3-9,13-14H,10-12H2,1-2H3,(H2,24,25,26). The van der Waals surface area contributed by atoms with Gasteiger partial charge >= 0.3 is 0 Å². The van der Waals surface area contributed by atoms with Crippen molar-refractivity contribution in [2.75, 3.05) is 20.1 Å². The number of hydrogen-bond donors (Lipinski definition) is 1. The molecule has 2 rings (SSSR count). The summed E-state index contributed by atoms with van der Waals surface area (Å²) in [5, 5.41) is 0. The van der Waals surface area contributed by atoms with Gasteiger partial charge in [-0.3, -0.25) is 4.99 Å². The molecule has 2 N–H and O–H groups in total. The number of aliphatic imine (C=N–C) groups is 2. The summed E-state index contributed by atoms with van der Waals surface area (Å²) in [5.41, 5.74) is 6.14. The van der Waals surface area contributed by atoms with Crippen molar-refractivity contribution in [2.45, 2.75) is 18.9 Å². The molecule has 4 nitrogen and oxygen atoms in total. The van der Waals surface area contributed by atoms with Crippen molar-refractivity contribution in [3.8, 4) is 0 Å². The zero-order chi connectivity index (χ0) is 19.9. The Kier molecular flexibility index (Phi) is 7.85. The predicted molar refractivity (Wildman–Crippen MR) is 115 cm³/mol. The molecule has 0 aliphatic heterocycles. The van der Waals surface area contributed by atoms with Gasteiger partial charge in [-0.2, -0.15) is 0 Å². The molecule has 0 fully saturated rings. The van der Waals surface area contributed by atoms with Crippen LogP contribution >= 0.6 is 22.6 Å². The number of nitrogens with zero attached hydrogens (tertiary/aromatic N) is 3. The lowest BCUT2D eigenvalue weighted by atomic mass is 9.81. The molecule has 27 heavy (non-hydrogen) atoms. The van der Waals surface area contributed by atoms with E-state index in [9.17, 15) is 8.78 Å². The third-order valence-electron chi connectivity index (χ3n) is 4.24. The second-order valence-corrected chi connectivity index (χ2v) is 7.98. The van der Waals surface area contributed by atoms with Crippen LogP contribution in [0.1, 0.15) is 18.1 Å². The van der Waals surface area contributed by atoms with Crippen LogP contribution in [0, 0.1) is 15.2 Å². The molecular formula is C20H23F2IN4. The molecule has 2 aromatic carbocycles. The smallest absolute Gasteiger partial charge is 0.129 e. The summed E-state index contributed by atoms with van der Waals surface area (Å²) in [6.45, 7) is 3.45. The largest absolute Gasteiger partial charge is 0.390 e. The third kappa shape index (κ3) is 6.35. The molecule has 0 bridgehead atoms. The SMILES string of the molecule is CN(Cc1ccc(I)cc1)CC(C)(CN=CN=CN)c1ccc(F)cc1F. The normalized spacial score (nSPS) is 14.3. The van der Waals surface area contributed by atoms with E-state index in [0.29, 0.717) is 25.2 Å². The Balaban J connectivity index is 2.23. The van der Waals surface area contributed by atoms with E-state index in [4.69, 9.17) is 5.73 Å². The van der Waals surface area contributed by atoms with Crippen molar-refractivity contribution < 1.29 is 8.78 Å². The first-order valence-electron chi connectivity index (χ1n) is 8.44. The lowest BCUT2D eigenvalue weighted by Gasteiger charge is -2.33. The summed E-state index contributed by atoms with van der Waals surface area (Å²) in [5.74, 6) is -1.17. The first-order chi connectivity index (χ1) is 12.8. The average Bonchev–Trinajstić information content (AvgIpc) is 2.60. The summed E-state index contributed by atoms with van der Waals surface area (Å²) in [6, 6.07) is 11.9. The van der Waals surface area contributed by atoms with Crippen LogP contribution in [0.3, 0.4) is 0 Å². The summed E-state index contributed by atoms with van der Waals surface area (Å²) in [4.78, 5) is 10.1. The van der Waals surface area contributed by atoms with Crippen LogP contribution in [-0.2, 0) is 12.0 Å². The van der Waals surface area contributed by atoms with Gasteiger partial charge < -0.3 is 10.6 Å². The molecule has 144 valence electrons. The van der Waals surface area contributed by atoms with Gasteiger partial charge in [0.05, 0.1) is 12.9 Å². The van der Waals surface area contributed by atoms with Gasteiger partial charge in [-0.1, -0.05) is 25.1 Å². The molecule has 0 heterocycles. The van der Waals surface area contributed by atoms with Gasteiger partial charge in [-0.05, 0) is 59.0 Å². The van der Waals surface area contributed by atoms with Gasteiger partial charge in [-0.15, -0.1) is 0 Å². The Morgan fingerprint density at radius 3 is 2.52 bits per heavy atom. The van der Waals surface area contributed by atoms with Crippen molar-refractivity contribution in [1.82, 2.24) is 4.90 Å². The second kappa shape index (κ2) is 9.89. The second-order valence-electron chi connectivity index (χ2n) is 6.74. The lowest BCUT2D eigenvalue weighted by molar-refractivity contribution is 0.249. The van der Waals surface area contributed by atoms with Crippen molar-refractivity contribution >= 4 is 35.3 Å². The molecule has 0 aliphatic carbocycles. The highest BCUT2D eigenvalue weighted by Gasteiger charge is 2.31. The predicted octanol–water partition coefficient (Wildman–Crippen LogP) is 3.97. The number of rotatable bonds is 8. The van der Waals surface area contributed by atoms with Crippen LogP contribution in [0.15, 0.2) is 52.4 Å². The monoisotopic (exact) mass is 484 g/mol. The number of halogens is 3. The lowest BCUT2D eigenvalue weighted by Crippen LogP contribution is -2.40. The quantitative estimate of drug-likeness (QED) is 0.350. The van der Waals surface area contributed by atoms with Crippen molar-refractivity contribution in [3.63, 3.8) is 0 Å². The number of likely N-dealkylation sites (N-methyl/N-ethyl adjacent to an activating group) is 1. The Labute approximate surface area is 172 Å². The maximum Gasteiger partial charge on any atom is 0.129 e. The maximum atomic E-state index is 14.5. The fourth-order valence-corrected chi connectivity index (χ4v) is 3.44. The van der Waals surface area contributed by atoms with E-state index in [0.717, 1.165) is 18.0 Å². The summed E-state index contributed by atoms with van der Waals surface area (Å²) in [7, 11) is 1.97. The maximum absolute atomic E-state index is 14.5. The van der Waals surface area contributed by atoms with Crippen LogP contribution in [0.2, 0.25) is 0 Å². The van der Waals surface area contributed by atoms with Crippen LogP contribution < -0.4 is 5.73 Å². The molecule has 2 aromatic rings. The summed E-state index contributed by atoms with van der Waals surface area (Å²) < 4.78 is 29.0. The molecule has 0 amide bonds. The van der Waals surface area contributed by atoms with E-state index in [-0.39, 0.29) is 0 Å². The highest BCUT2D eigenvalue weighted by Crippen LogP contribution is 2.29. The number of nitrogens with two attached hydrogens (primary N) is 1. The van der Waals surface area contributed by atoms with E-state index >= 15 is 0 Å². The molecule has 0 aliphatic rings. The molecule has 0 aromatic heterocycles. The highest BCUT2D eigenvalue weighted by atomic mass is 127. The molecule has 1 unspecified atom stereocenters. The van der Waals surface area contributed by atoms with Crippen LogP contribution in [-0.4, -0.2) is 37.7 Å². The van der Waals surface area contributed by atoms with Crippen molar-refractivity contribution in [1.29, 1.82) is 0 Å². The molecule has 0 saturated heterocycles. The van der Waals surface area contributed by atoms with Gasteiger partial charge in [-0.25, -0.2) is 13.8 Å². The zero-order valence-electron chi connectivity index (χ0n) is 15.4. The minimum atomic E-state index is -0.656. The zero-order valence-corrected chi connectivity index (χ0v) is 17.5. The van der Waals surface area contributed by atoms with Crippen molar-refractivity contribution in [3.05, 3.63) is 68.8 Å². The summed E-state index contributed by atoms with van der Waals surface area (Å²) in [6.07, 6.45) is 2.49. The van der Waals surface area contributed by atoms with Crippen LogP contribution in [0.25, 0.3) is 0 Å². The molecule has 0 saturated carbocycles. The molecule has 7 heteroatoms. The Morgan fingerprint density at radius 1 is 1.19 bits per heavy atom. The Morgan fingerprint density at radius 2 is 1.89 bits per heavy atom. The Bertz CT molecular complexity index is 808. The topological polar surface area (TPSA) is 54.0 Å². The molecule has 0 spiro atoms. The van der Waals surface area contributed by atoms with E-state index in [2.05, 4.69) is 61.7 Å².